The van der Waals surface area contributed by atoms with E-state index in [0.717, 1.165) is 18.4 Å². The molecule has 0 spiro atoms. The SMILES string of the molecule is C[C@]12C=CC(=O)C=C1CC[C@@H]1C3CC[C@](O)(C(=O)COC(=O)CCC(=O)O)[C@@]3(C)CC(O)[C@H]12.[H-].[Na+]. The summed E-state index contributed by atoms with van der Waals surface area (Å²) < 4.78 is 4.96. The second kappa shape index (κ2) is 9.62. The van der Waals surface area contributed by atoms with Crippen molar-refractivity contribution in [2.75, 3.05) is 6.61 Å². The summed E-state index contributed by atoms with van der Waals surface area (Å²) in [6.07, 6.45) is 6.27. The molecule has 0 heterocycles. The number of aliphatic hydroxyl groups excluding tert-OH is 1. The van der Waals surface area contributed by atoms with E-state index < -0.39 is 46.9 Å². The molecule has 4 rings (SSSR count). The molecule has 4 aliphatic carbocycles. The number of Topliss-reactive ketones (excluding diaryl/α,β-unsaturated/α-hetero) is 1. The van der Waals surface area contributed by atoms with Gasteiger partial charge < -0.3 is 21.5 Å². The van der Waals surface area contributed by atoms with Crippen LogP contribution in [0.3, 0.4) is 0 Å². The number of hydrogen-bond acceptors (Lipinski definition) is 7. The van der Waals surface area contributed by atoms with E-state index in [-0.39, 0.29) is 80.2 Å². The Morgan fingerprint density at radius 1 is 1.21 bits per heavy atom. The van der Waals surface area contributed by atoms with Gasteiger partial charge in [-0.15, -0.1) is 0 Å². The van der Waals surface area contributed by atoms with Crippen LogP contribution in [0, 0.1) is 28.6 Å². The molecule has 0 radical (unpaired) electrons. The molecule has 4 aliphatic rings. The van der Waals surface area contributed by atoms with Crippen molar-refractivity contribution in [3.63, 3.8) is 0 Å². The van der Waals surface area contributed by atoms with Gasteiger partial charge in [0.2, 0.25) is 5.78 Å². The van der Waals surface area contributed by atoms with Crippen LogP contribution in [0.5, 0.6) is 0 Å². The van der Waals surface area contributed by atoms with Crippen LogP contribution in [0.25, 0.3) is 0 Å². The third-order valence-corrected chi connectivity index (χ3v) is 9.02. The summed E-state index contributed by atoms with van der Waals surface area (Å²) in [5.41, 5.74) is -1.99. The van der Waals surface area contributed by atoms with Gasteiger partial charge in [-0.1, -0.05) is 25.5 Å². The van der Waals surface area contributed by atoms with Crippen LogP contribution in [-0.2, 0) is 23.9 Å². The summed E-state index contributed by atoms with van der Waals surface area (Å²) in [7, 11) is 0. The van der Waals surface area contributed by atoms with E-state index in [4.69, 9.17) is 9.84 Å². The molecule has 3 saturated carbocycles. The Morgan fingerprint density at radius 3 is 2.59 bits per heavy atom. The Bertz CT molecular complexity index is 963. The average molecular weight is 485 g/mol. The second-order valence-corrected chi connectivity index (χ2v) is 10.6. The number of hydrogen-bond donors (Lipinski definition) is 3. The Kier molecular flexibility index (Phi) is 7.71. The van der Waals surface area contributed by atoms with Crippen molar-refractivity contribution in [2.24, 2.45) is 28.6 Å². The monoisotopic (exact) mass is 484 g/mol. The zero-order chi connectivity index (χ0) is 24.2. The molecule has 2 unspecified atom stereocenters. The molecule has 0 aliphatic heterocycles. The number of carboxylic acids is 1. The zero-order valence-electron chi connectivity index (χ0n) is 21.1. The number of ether oxygens (including phenoxy) is 1. The largest absolute Gasteiger partial charge is 1.00 e. The maximum absolute atomic E-state index is 13.1. The molecule has 182 valence electrons. The van der Waals surface area contributed by atoms with Crippen molar-refractivity contribution < 1.29 is 70.2 Å². The summed E-state index contributed by atoms with van der Waals surface area (Å²) in [6, 6.07) is 0. The minimum atomic E-state index is -1.73. The van der Waals surface area contributed by atoms with E-state index in [1.165, 1.54) is 0 Å². The van der Waals surface area contributed by atoms with Gasteiger partial charge in [0, 0.05) is 16.7 Å². The van der Waals surface area contributed by atoms with E-state index >= 15 is 0 Å². The van der Waals surface area contributed by atoms with Gasteiger partial charge in [0.15, 0.2) is 12.4 Å². The fraction of sp³-hybridized carbons (Fsp3) is 0.680. The Labute approximate surface area is 222 Å². The zero-order valence-corrected chi connectivity index (χ0v) is 22.1. The van der Waals surface area contributed by atoms with Crippen molar-refractivity contribution >= 4 is 23.5 Å². The maximum atomic E-state index is 13.1. The number of allylic oxidation sites excluding steroid dienone is 4. The summed E-state index contributed by atoms with van der Waals surface area (Å²) >= 11 is 0. The standard InChI is InChI=1S/C25H32O8.Na.H/c1-23-9-7-15(26)11-14(23)3-4-16-17-8-10-25(32,24(17,2)12-18(27)22(16)23)19(28)13-33-21(31)6-5-20(29)30;;/h7,9,11,16-18,22,27,32H,3-6,8,10,12-13H2,1-2H3,(H,29,30);;/q;+1;-1/t16-,17?,18?,22+,23+,24+,25+;;/m1../s1. The molecule has 7 atom stereocenters. The van der Waals surface area contributed by atoms with Gasteiger partial charge in [-0.25, -0.2) is 0 Å². The summed E-state index contributed by atoms with van der Waals surface area (Å²) in [6.45, 7) is 3.30. The number of carboxylic acid groups (broad SMARTS) is 1. The molecule has 0 bridgehead atoms. The molecule has 0 aromatic heterocycles. The first-order valence-corrected chi connectivity index (χ1v) is 11.7. The number of aliphatic carboxylic acids is 1. The van der Waals surface area contributed by atoms with Gasteiger partial charge in [0.1, 0.15) is 5.60 Å². The molecule has 3 N–H and O–H groups in total. The molecule has 34 heavy (non-hydrogen) atoms. The van der Waals surface area contributed by atoms with Crippen LogP contribution < -0.4 is 29.6 Å². The first-order valence-electron chi connectivity index (χ1n) is 11.7. The minimum Gasteiger partial charge on any atom is -1.00 e. The van der Waals surface area contributed by atoms with Crippen LogP contribution in [-0.4, -0.2) is 57.1 Å². The number of fused-ring (bicyclic) bond motifs is 5. The molecule has 9 heteroatoms. The van der Waals surface area contributed by atoms with E-state index in [1.807, 2.05) is 13.0 Å². The van der Waals surface area contributed by atoms with Gasteiger partial charge in [-0.3, -0.25) is 19.2 Å². The molecule has 0 saturated heterocycles. The topological polar surface area (TPSA) is 138 Å². The van der Waals surface area contributed by atoms with Gasteiger partial charge in [0.05, 0.1) is 18.9 Å². The average Bonchev–Trinajstić information content (AvgIpc) is 3.02. The first kappa shape index (κ1) is 27.3. The summed E-state index contributed by atoms with van der Waals surface area (Å²) in [5.74, 6) is -2.58. The molecule has 8 nitrogen and oxygen atoms in total. The predicted molar refractivity (Wildman–Crippen MR) is 117 cm³/mol. The number of carbonyl (C=O) groups is 4. The van der Waals surface area contributed by atoms with Crippen molar-refractivity contribution in [1.29, 1.82) is 0 Å². The van der Waals surface area contributed by atoms with Crippen LogP contribution in [0.4, 0.5) is 0 Å². The van der Waals surface area contributed by atoms with Gasteiger partial charge in [-0.05, 0) is 56.1 Å². The molecule has 0 aromatic carbocycles. The normalized spacial score (nSPS) is 40.2. The number of ketones is 2. The number of rotatable bonds is 6. The number of esters is 1. The predicted octanol–water partition coefficient (Wildman–Crippen LogP) is -0.910. The molecule has 0 amide bonds. The number of carbonyl (C=O) groups excluding carboxylic acids is 3. The van der Waals surface area contributed by atoms with E-state index in [1.54, 1.807) is 12.2 Å². The van der Waals surface area contributed by atoms with Gasteiger partial charge in [-0.2, -0.15) is 0 Å². The minimum absolute atomic E-state index is 0. The van der Waals surface area contributed by atoms with Gasteiger partial charge >= 0.3 is 41.5 Å². The van der Waals surface area contributed by atoms with E-state index in [9.17, 15) is 29.4 Å². The smallest absolute Gasteiger partial charge is 1.00 e. The fourth-order valence-electron chi connectivity index (χ4n) is 7.34. The Balaban J connectivity index is 0.00000216. The first-order chi connectivity index (χ1) is 15.4. The van der Waals surface area contributed by atoms with Crippen molar-refractivity contribution in [3.8, 4) is 0 Å². The van der Waals surface area contributed by atoms with Crippen LogP contribution in [0.1, 0.15) is 60.2 Å². The number of aliphatic hydroxyl groups is 2. The van der Waals surface area contributed by atoms with Crippen LogP contribution >= 0.6 is 0 Å². The third-order valence-electron chi connectivity index (χ3n) is 9.02. The Morgan fingerprint density at radius 2 is 1.91 bits per heavy atom. The van der Waals surface area contributed by atoms with Gasteiger partial charge in [0.25, 0.3) is 0 Å². The maximum Gasteiger partial charge on any atom is 1.00 e. The quantitative estimate of drug-likeness (QED) is 0.325. The molecule has 0 aromatic rings. The summed E-state index contributed by atoms with van der Waals surface area (Å²) in [4.78, 5) is 47.4. The van der Waals surface area contributed by atoms with Crippen molar-refractivity contribution in [3.05, 3.63) is 23.8 Å². The van der Waals surface area contributed by atoms with Crippen molar-refractivity contribution in [2.45, 2.75) is 70.5 Å². The Hall–Kier alpha value is -1.32. The molecular formula is C25H33NaO8. The van der Waals surface area contributed by atoms with Crippen molar-refractivity contribution in [1.82, 2.24) is 0 Å². The van der Waals surface area contributed by atoms with Crippen LogP contribution in [0.15, 0.2) is 23.8 Å². The fourth-order valence-corrected chi connectivity index (χ4v) is 7.34. The van der Waals surface area contributed by atoms with E-state index in [2.05, 4.69) is 6.92 Å². The molecular weight excluding hydrogens is 451 g/mol. The van der Waals surface area contributed by atoms with E-state index in [0.29, 0.717) is 6.42 Å². The molecule has 3 fully saturated rings. The summed E-state index contributed by atoms with van der Waals surface area (Å²) in [5, 5.41) is 31.6. The second-order valence-electron chi connectivity index (χ2n) is 10.6. The third kappa shape index (κ3) is 4.26. The van der Waals surface area contributed by atoms with Crippen LogP contribution in [0.2, 0.25) is 0 Å².